The van der Waals surface area contributed by atoms with Crippen molar-refractivity contribution in [3.05, 3.63) is 88.2 Å². The molecule has 0 saturated heterocycles. The van der Waals surface area contributed by atoms with Crippen molar-refractivity contribution < 1.29 is 13.2 Å². The predicted molar refractivity (Wildman–Crippen MR) is 118 cm³/mol. The molecule has 0 unspecified atom stereocenters. The molecule has 0 radical (unpaired) electrons. The van der Waals surface area contributed by atoms with Gasteiger partial charge in [-0.25, -0.2) is 8.42 Å². The summed E-state index contributed by atoms with van der Waals surface area (Å²) in [5.74, 6) is -0.507. The molecule has 1 heterocycles. The third-order valence-corrected chi connectivity index (χ3v) is 6.59. The highest BCUT2D eigenvalue weighted by atomic mass is 35.5. The van der Waals surface area contributed by atoms with Gasteiger partial charge >= 0.3 is 0 Å². The summed E-state index contributed by atoms with van der Waals surface area (Å²) in [5.41, 5.74) is 1.69. The van der Waals surface area contributed by atoms with Gasteiger partial charge in [-0.1, -0.05) is 47.0 Å². The Labute approximate surface area is 185 Å². The Morgan fingerprint density at radius 1 is 1.07 bits per heavy atom. The van der Waals surface area contributed by atoms with Crippen molar-refractivity contribution in [2.45, 2.75) is 18.4 Å². The van der Waals surface area contributed by atoms with Gasteiger partial charge in [-0.3, -0.25) is 14.1 Å². The normalized spacial score (nSPS) is 11.2. The van der Waals surface area contributed by atoms with Crippen LogP contribution in [-0.4, -0.2) is 25.9 Å². The van der Waals surface area contributed by atoms with Crippen LogP contribution >= 0.6 is 23.2 Å². The molecular formula is C21H19Cl2N3O3S. The van der Waals surface area contributed by atoms with E-state index in [1.807, 2.05) is 6.92 Å². The number of hydrogen-bond donors (Lipinski definition) is 1. The number of rotatable bonds is 7. The van der Waals surface area contributed by atoms with E-state index in [-0.39, 0.29) is 22.2 Å². The summed E-state index contributed by atoms with van der Waals surface area (Å²) in [5, 5.41) is 3.14. The van der Waals surface area contributed by atoms with Gasteiger partial charge in [0, 0.05) is 11.2 Å². The number of halogens is 2. The maximum atomic E-state index is 13.3. The van der Waals surface area contributed by atoms with Crippen LogP contribution in [0, 0.1) is 6.92 Å². The van der Waals surface area contributed by atoms with Crippen LogP contribution in [0.4, 0.5) is 5.69 Å². The lowest BCUT2D eigenvalue weighted by Crippen LogP contribution is -2.41. The second-order valence-electron chi connectivity index (χ2n) is 6.52. The number of carbonyl (C=O) groups is 1. The first-order valence-corrected chi connectivity index (χ1v) is 11.2. The number of aryl methyl sites for hydroxylation is 1. The van der Waals surface area contributed by atoms with E-state index in [1.54, 1.807) is 42.6 Å². The number of hydrogen-bond acceptors (Lipinski definition) is 4. The lowest BCUT2D eigenvalue weighted by molar-refractivity contribution is -0.119. The molecule has 2 aromatic carbocycles. The average molecular weight is 464 g/mol. The van der Waals surface area contributed by atoms with Crippen LogP contribution in [0.2, 0.25) is 10.0 Å². The number of sulfonamides is 1. The molecule has 30 heavy (non-hydrogen) atoms. The van der Waals surface area contributed by atoms with E-state index in [1.165, 1.54) is 24.3 Å². The molecule has 9 heteroatoms. The lowest BCUT2D eigenvalue weighted by atomic mass is 10.2. The molecule has 0 atom stereocenters. The Bertz CT molecular complexity index is 1140. The summed E-state index contributed by atoms with van der Waals surface area (Å²) in [6.07, 6.45) is 1.61. The molecule has 0 saturated carbocycles. The van der Waals surface area contributed by atoms with E-state index in [0.29, 0.717) is 10.7 Å². The fourth-order valence-corrected chi connectivity index (χ4v) is 4.56. The maximum absolute atomic E-state index is 13.3. The maximum Gasteiger partial charge on any atom is 0.264 e. The fourth-order valence-electron chi connectivity index (χ4n) is 2.69. The van der Waals surface area contributed by atoms with Crippen molar-refractivity contribution in [3.8, 4) is 0 Å². The molecule has 0 fully saturated rings. The van der Waals surface area contributed by atoms with Crippen LogP contribution in [0.15, 0.2) is 71.8 Å². The van der Waals surface area contributed by atoms with Crippen molar-refractivity contribution in [1.29, 1.82) is 0 Å². The van der Waals surface area contributed by atoms with Crippen LogP contribution in [0.3, 0.4) is 0 Å². The number of nitrogens with one attached hydrogen (secondary N) is 1. The monoisotopic (exact) mass is 463 g/mol. The lowest BCUT2D eigenvalue weighted by Gasteiger charge is -2.25. The number of anilines is 1. The quantitative estimate of drug-likeness (QED) is 0.568. The first-order chi connectivity index (χ1) is 14.3. The van der Waals surface area contributed by atoms with Crippen LogP contribution in [0.5, 0.6) is 0 Å². The summed E-state index contributed by atoms with van der Waals surface area (Å²) in [4.78, 5) is 16.8. The van der Waals surface area contributed by atoms with E-state index in [9.17, 15) is 13.2 Å². The van der Waals surface area contributed by atoms with Crippen molar-refractivity contribution >= 4 is 44.8 Å². The molecular weight excluding hydrogens is 445 g/mol. The Hall–Kier alpha value is -2.61. The van der Waals surface area contributed by atoms with Crippen molar-refractivity contribution in [3.63, 3.8) is 0 Å². The molecule has 0 aliphatic rings. The first kappa shape index (κ1) is 22.1. The van der Waals surface area contributed by atoms with Crippen LogP contribution < -0.4 is 9.62 Å². The summed E-state index contributed by atoms with van der Waals surface area (Å²) in [6, 6.07) is 16.1. The van der Waals surface area contributed by atoms with E-state index >= 15 is 0 Å². The van der Waals surface area contributed by atoms with Gasteiger partial charge in [-0.15, -0.1) is 0 Å². The number of aromatic nitrogens is 1. The van der Waals surface area contributed by atoms with Gasteiger partial charge in [-0.2, -0.15) is 0 Å². The smallest absolute Gasteiger partial charge is 0.264 e. The molecule has 1 aromatic heterocycles. The number of benzene rings is 2. The van der Waals surface area contributed by atoms with Crippen LogP contribution in [0.1, 0.15) is 11.3 Å². The molecule has 1 N–H and O–H groups in total. The van der Waals surface area contributed by atoms with Crippen LogP contribution in [-0.2, 0) is 21.4 Å². The molecule has 6 nitrogen and oxygen atoms in total. The summed E-state index contributed by atoms with van der Waals surface area (Å²) in [7, 11) is -4.07. The molecule has 156 valence electrons. The minimum atomic E-state index is -4.07. The SMILES string of the molecule is Cc1ccc(S(=O)(=O)N(CC(=O)NCc2ccccn2)c2cc(Cl)ccc2Cl)cc1. The molecule has 0 spiro atoms. The van der Waals surface area contributed by atoms with Gasteiger partial charge in [-0.05, 0) is 49.4 Å². The summed E-state index contributed by atoms with van der Waals surface area (Å²) in [6.45, 7) is 1.55. The fraction of sp³-hybridized carbons (Fsp3) is 0.143. The topological polar surface area (TPSA) is 79.4 Å². The van der Waals surface area contributed by atoms with E-state index < -0.39 is 22.5 Å². The van der Waals surface area contributed by atoms with Gasteiger partial charge in [0.15, 0.2) is 0 Å². The third kappa shape index (κ3) is 5.30. The van der Waals surface area contributed by atoms with Gasteiger partial charge in [0.2, 0.25) is 5.91 Å². The number of carbonyl (C=O) groups excluding carboxylic acids is 1. The largest absolute Gasteiger partial charge is 0.349 e. The Morgan fingerprint density at radius 2 is 1.80 bits per heavy atom. The zero-order valence-electron chi connectivity index (χ0n) is 16.0. The van der Waals surface area contributed by atoms with Crippen LogP contribution in [0.25, 0.3) is 0 Å². The zero-order valence-corrected chi connectivity index (χ0v) is 18.4. The standard InChI is InChI=1S/C21H19Cl2N3O3S/c1-15-5-8-18(9-6-15)30(28,29)26(20-12-16(22)7-10-19(20)23)14-21(27)25-13-17-4-2-3-11-24-17/h2-12H,13-14H2,1H3,(H,25,27). The van der Waals surface area contributed by atoms with E-state index in [2.05, 4.69) is 10.3 Å². The summed E-state index contributed by atoms with van der Waals surface area (Å²) < 4.78 is 27.7. The predicted octanol–water partition coefficient (Wildman–Crippen LogP) is 4.21. The zero-order chi connectivity index (χ0) is 21.7. The molecule has 0 aliphatic carbocycles. The van der Waals surface area contributed by atoms with Crippen molar-refractivity contribution in [2.75, 3.05) is 10.8 Å². The average Bonchev–Trinajstić information content (AvgIpc) is 2.73. The minimum Gasteiger partial charge on any atom is -0.349 e. The Morgan fingerprint density at radius 3 is 2.47 bits per heavy atom. The molecule has 0 aliphatic heterocycles. The van der Waals surface area contributed by atoms with E-state index in [4.69, 9.17) is 23.2 Å². The van der Waals surface area contributed by atoms with Gasteiger partial charge in [0.05, 0.1) is 27.8 Å². The Balaban J connectivity index is 1.92. The highest BCUT2D eigenvalue weighted by Gasteiger charge is 2.29. The van der Waals surface area contributed by atoms with Gasteiger partial charge in [0.25, 0.3) is 10.0 Å². The number of amides is 1. The van der Waals surface area contributed by atoms with Gasteiger partial charge in [0.1, 0.15) is 6.54 Å². The molecule has 0 bridgehead atoms. The third-order valence-electron chi connectivity index (χ3n) is 4.27. The molecule has 1 amide bonds. The summed E-state index contributed by atoms with van der Waals surface area (Å²) >= 11 is 12.3. The molecule has 3 rings (SSSR count). The minimum absolute atomic E-state index is 0.0432. The highest BCUT2D eigenvalue weighted by molar-refractivity contribution is 7.92. The molecule has 3 aromatic rings. The Kier molecular flexibility index (Phi) is 6.97. The highest BCUT2D eigenvalue weighted by Crippen LogP contribution is 2.33. The second-order valence-corrected chi connectivity index (χ2v) is 9.22. The van der Waals surface area contributed by atoms with Crippen molar-refractivity contribution in [1.82, 2.24) is 10.3 Å². The first-order valence-electron chi connectivity index (χ1n) is 8.98. The van der Waals surface area contributed by atoms with Crippen molar-refractivity contribution in [2.24, 2.45) is 0 Å². The van der Waals surface area contributed by atoms with Gasteiger partial charge < -0.3 is 5.32 Å². The number of nitrogens with zero attached hydrogens (tertiary/aromatic N) is 2. The number of pyridine rings is 1. The second kappa shape index (κ2) is 9.47. The van der Waals surface area contributed by atoms with E-state index in [0.717, 1.165) is 9.87 Å².